The summed E-state index contributed by atoms with van der Waals surface area (Å²) in [6.07, 6.45) is 1.90. The van der Waals surface area contributed by atoms with Gasteiger partial charge in [-0.15, -0.1) is 0 Å². The number of hydrogen-bond donors (Lipinski definition) is 1. The Balaban J connectivity index is 2.03. The van der Waals surface area contributed by atoms with Gasteiger partial charge >= 0.3 is 0 Å². The Morgan fingerprint density at radius 3 is 2.69 bits per heavy atom. The normalized spacial score (nSPS) is 10.8. The predicted octanol–water partition coefficient (Wildman–Crippen LogP) is 4.01. The number of aryl methyl sites for hydroxylation is 2. The van der Waals surface area contributed by atoms with Crippen LogP contribution in [0.15, 0.2) is 35.4 Å². The molecule has 26 heavy (non-hydrogen) atoms. The number of ether oxygens (including phenoxy) is 2. The van der Waals surface area contributed by atoms with Gasteiger partial charge in [0.25, 0.3) is 0 Å². The van der Waals surface area contributed by atoms with Crippen molar-refractivity contribution >= 4 is 34.7 Å². The molecule has 0 saturated carbocycles. The summed E-state index contributed by atoms with van der Waals surface area (Å²) in [7, 11) is 1.60. The average molecular weight is 466 g/mol. The van der Waals surface area contributed by atoms with Crippen LogP contribution in [0.3, 0.4) is 0 Å². The summed E-state index contributed by atoms with van der Waals surface area (Å²) in [5.41, 5.74) is 6.69. The second-order valence-electron chi connectivity index (χ2n) is 5.87. The van der Waals surface area contributed by atoms with Crippen molar-refractivity contribution < 1.29 is 14.3 Å². The first kappa shape index (κ1) is 20.2. The largest absolute Gasteiger partial charge is 0.493 e. The van der Waals surface area contributed by atoms with E-state index in [9.17, 15) is 4.79 Å². The zero-order valence-electron chi connectivity index (χ0n) is 15.4. The summed E-state index contributed by atoms with van der Waals surface area (Å²) in [6.45, 7) is 6.53. The maximum Gasteiger partial charge on any atom is 0.244 e. The number of benzene rings is 2. The molecule has 0 aliphatic rings. The first-order valence-corrected chi connectivity index (χ1v) is 9.40. The molecule has 0 saturated heterocycles. The molecule has 1 N–H and O–H groups in total. The molecular formula is C20H23IN2O3. The second kappa shape index (κ2) is 9.56. The molecule has 2 aromatic carbocycles. The lowest BCUT2D eigenvalue weighted by molar-refractivity contribution is -0.120. The third kappa shape index (κ3) is 5.45. The molecule has 1 amide bonds. The van der Waals surface area contributed by atoms with Crippen LogP contribution in [-0.4, -0.2) is 25.8 Å². The van der Waals surface area contributed by atoms with Crippen LogP contribution in [0.1, 0.15) is 29.2 Å². The fraction of sp³-hybridized carbons (Fsp3) is 0.300. The molecule has 0 fully saturated rings. The third-order valence-corrected chi connectivity index (χ3v) is 4.59. The SMILES string of the molecule is CCOc1c(I)cc(/C=N\NC(=O)Cc2ccc(C)cc2C)cc1OC. The van der Waals surface area contributed by atoms with E-state index in [0.29, 0.717) is 24.5 Å². The number of rotatable bonds is 7. The van der Waals surface area contributed by atoms with Crippen molar-refractivity contribution in [3.8, 4) is 11.5 Å². The molecule has 0 aromatic heterocycles. The number of carbonyl (C=O) groups excluding carboxylic acids is 1. The number of nitrogens with one attached hydrogen (secondary N) is 1. The quantitative estimate of drug-likeness (QED) is 0.381. The standard InChI is InChI=1S/C20H23IN2O3/c1-5-26-20-17(21)9-15(10-18(20)25-4)12-22-23-19(24)11-16-7-6-13(2)8-14(16)3/h6-10,12H,5,11H2,1-4H3,(H,23,24)/b22-12-. The van der Waals surface area contributed by atoms with Crippen molar-refractivity contribution in [2.24, 2.45) is 5.10 Å². The van der Waals surface area contributed by atoms with E-state index in [0.717, 1.165) is 20.3 Å². The van der Waals surface area contributed by atoms with Gasteiger partial charge in [-0.1, -0.05) is 23.8 Å². The smallest absolute Gasteiger partial charge is 0.244 e. The van der Waals surface area contributed by atoms with Gasteiger partial charge < -0.3 is 9.47 Å². The van der Waals surface area contributed by atoms with Crippen LogP contribution in [0.2, 0.25) is 0 Å². The first-order valence-electron chi connectivity index (χ1n) is 8.33. The highest BCUT2D eigenvalue weighted by molar-refractivity contribution is 14.1. The summed E-state index contributed by atoms with van der Waals surface area (Å²) in [5.74, 6) is 1.20. The number of nitrogens with zero attached hydrogens (tertiary/aromatic N) is 1. The highest BCUT2D eigenvalue weighted by Crippen LogP contribution is 2.33. The van der Waals surface area contributed by atoms with E-state index >= 15 is 0 Å². The Kier molecular flexibility index (Phi) is 7.44. The maximum atomic E-state index is 12.1. The average Bonchev–Trinajstić information content (AvgIpc) is 2.59. The third-order valence-electron chi connectivity index (χ3n) is 3.79. The van der Waals surface area contributed by atoms with Crippen LogP contribution in [0.25, 0.3) is 0 Å². The molecule has 2 aromatic rings. The summed E-state index contributed by atoms with van der Waals surface area (Å²) in [5, 5.41) is 4.05. The Morgan fingerprint density at radius 1 is 1.27 bits per heavy atom. The van der Waals surface area contributed by atoms with Crippen LogP contribution in [0.4, 0.5) is 0 Å². The zero-order chi connectivity index (χ0) is 19.1. The van der Waals surface area contributed by atoms with Crippen LogP contribution < -0.4 is 14.9 Å². The van der Waals surface area contributed by atoms with Gasteiger partial charge in [-0.2, -0.15) is 5.10 Å². The van der Waals surface area contributed by atoms with Crippen molar-refractivity contribution in [1.82, 2.24) is 5.43 Å². The van der Waals surface area contributed by atoms with Gasteiger partial charge in [-0.3, -0.25) is 4.79 Å². The van der Waals surface area contributed by atoms with Gasteiger partial charge in [0, 0.05) is 0 Å². The Morgan fingerprint density at radius 2 is 2.04 bits per heavy atom. The molecule has 0 radical (unpaired) electrons. The fourth-order valence-corrected chi connectivity index (χ4v) is 3.32. The van der Waals surface area contributed by atoms with Gasteiger partial charge in [0.1, 0.15) is 0 Å². The molecule has 0 heterocycles. The van der Waals surface area contributed by atoms with E-state index in [1.807, 2.05) is 45.0 Å². The highest BCUT2D eigenvalue weighted by atomic mass is 127. The number of methoxy groups -OCH3 is 1. The van der Waals surface area contributed by atoms with E-state index in [1.165, 1.54) is 5.56 Å². The van der Waals surface area contributed by atoms with E-state index in [1.54, 1.807) is 13.3 Å². The van der Waals surface area contributed by atoms with E-state index < -0.39 is 0 Å². The van der Waals surface area contributed by atoms with E-state index in [2.05, 4.69) is 39.2 Å². The highest BCUT2D eigenvalue weighted by Gasteiger charge is 2.10. The summed E-state index contributed by atoms with van der Waals surface area (Å²) < 4.78 is 11.9. The molecule has 0 bridgehead atoms. The number of amides is 1. The van der Waals surface area contributed by atoms with Crippen molar-refractivity contribution in [3.05, 3.63) is 56.2 Å². The molecule has 2 rings (SSSR count). The van der Waals surface area contributed by atoms with Crippen LogP contribution in [0.5, 0.6) is 11.5 Å². The first-order chi connectivity index (χ1) is 12.4. The Labute approximate surface area is 167 Å². The lowest BCUT2D eigenvalue weighted by Gasteiger charge is -2.12. The number of halogens is 1. The molecule has 0 aliphatic heterocycles. The van der Waals surface area contributed by atoms with Crippen molar-refractivity contribution in [2.75, 3.05) is 13.7 Å². The van der Waals surface area contributed by atoms with Gasteiger partial charge in [0.05, 0.1) is 29.9 Å². The topological polar surface area (TPSA) is 59.9 Å². The van der Waals surface area contributed by atoms with Gasteiger partial charge in [-0.25, -0.2) is 5.43 Å². The molecular weight excluding hydrogens is 443 g/mol. The van der Waals surface area contributed by atoms with Crippen molar-refractivity contribution in [2.45, 2.75) is 27.2 Å². The molecule has 138 valence electrons. The summed E-state index contributed by atoms with van der Waals surface area (Å²) >= 11 is 2.19. The zero-order valence-corrected chi connectivity index (χ0v) is 17.6. The van der Waals surface area contributed by atoms with E-state index in [4.69, 9.17) is 9.47 Å². The van der Waals surface area contributed by atoms with Gasteiger partial charge in [0.15, 0.2) is 11.5 Å². The van der Waals surface area contributed by atoms with Crippen molar-refractivity contribution in [1.29, 1.82) is 0 Å². The number of hydrazone groups is 1. The lowest BCUT2D eigenvalue weighted by atomic mass is 10.0. The second-order valence-corrected chi connectivity index (χ2v) is 7.03. The molecule has 6 heteroatoms. The fourth-order valence-electron chi connectivity index (χ4n) is 2.53. The van der Waals surface area contributed by atoms with Gasteiger partial charge in [-0.05, 0) is 72.2 Å². The molecule has 5 nitrogen and oxygen atoms in total. The number of carbonyl (C=O) groups is 1. The molecule has 0 aliphatic carbocycles. The van der Waals surface area contributed by atoms with E-state index in [-0.39, 0.29) is 5.91 Å². The predicted molar refractivity (Wildman–Crippen MR) is 112 cm³/mol. The maximum absolute atomic E-state index is 12.1. The minimum Gasteiger partial charge on any atom is -0.493 e. The van der Waals surface area contributed by atoms with Crippen LogP contribution in [-0.2, 0) is 11.2 Å². The lowest BCUT2D eigenvalue weighted by Crippen LogP contribution is -2.20. The summed E-state index contributed by atoms with van der Waals surface area (Å²) in [6, 6.07) is 9.81. The minimum atomic E-state index is -0.152. The molecule has 0 unspecified atom stereocenters. The number of hydrogen-bond acceptors (Lipinski definition) is 4. The van der Waals surface area contributed by atoms with Crippen LogP contribution in [0, 0.1) is 17.4 Å². The monoisotopic (exact) mass is 466 g/mol. The Hall–Kier alpha value is -2.09. The molecule has 0 spiro atoms. The van der Waals surface area contributed by atoms with Gasteiger partial charge in [0.2, 0.25) is 5.91 Å². The van der Waals surface area contributed by atoms with Crippen LogP contribution >= 0.6 is 22.6 Å². The Bertz CT molecular complexity index is 819. The summed E-state index contributed by atoms with van der Waals surface area (Å²) in [4.78, 5) is 12.1. The minimum absolute atomic E-state index is 0.152. The molecule has 0 atom stereocenters. The van der Waals surface area contributed by atoms with Crippen molar-refractivity contribution in [3.63, 3.8) is 0 Å².